The van der Waals surface area contributed by atoms with Gasteiger partial charge in [-0.1, -0.05) is 13.8 Å². The van der Waals surface area contributed by atoms with E-state index < -0.39 is 5.97 Å². The van der Waals surface area contributed by atoms with Crippen LogP contribution in [0.25, 0.3) is 10.4 Å². The molecule has 0 saturated heterocycles. The molecule has 0 aromatic carbocycles. The van der Waals surface area contributed by atoms with Crippen molar-refractivity contribution in [2.75, 3.05) is 0 Å². The van der Waals surface area contributed by atoms with E-state index in [1.165, 1.54) is 11.3 Å². The Labute approximate surface area is 110 Å². The summed E-state index contributed by atoms with van der Waals surface area (Å²) in [5.74, 6) is -0.555. The lowest BCUT2D eigenvalue weighted by molar-refractivity contribution is 0.0697. The van der Waals surface area contributed by atoms with Crippen LogP contribution in [0.3, 0.4) is 0 Å². The highest BCUT2D eigenvalue weighted by molar-refractivity contribution is 7.14. The molecule has 2 aromatic heterocycles. The first-order valence-electron chi connectivity index (χ1n) is 5.77. The highest BCUT2D eigenvalue weighted by atomic mass is 32.1. The fourth-order valence-corrected chi connectivity index (χ4v) is 3.08. The zero-order valence-electron chi connectivity index (χ0n) is 10.9. The van der Waals surface area contributed by atoms with E-state index in [0.29, 0.717) is 11.5 Å². The maximum absolute atomic E-state index is 11.1. The van der Waals surface area contributed by atoms with Crippen LogP contribution in [0.4, 0.5) is 0 Å². The van der Waals surface area contributed by atoms with E-state index in [0.717, 1.165) is 21.7 Å². The van der Waals surface area contributed by atoms with Gasteiger partial charge in [0.05, 0.1) is 11.3 Å². The van der Waals surface area contributed by atoms with Gasteiger partial charge < -0.3 is 5.11 Å². The maximum atomic E-state index is 11.1. The normalized spacial score (nSPS) is 11.2. The molecule has 0 aliphatic heterocycles. The van der Waals surface area contributed by atoms with Gasteiger partial charge >= 0.3 is 5.97 Å². The van der Waals surface area contributed by atoms with Gasteiger partial charge in [0.1, 0.15) is 0 Å². The number of carbonyl (C=O) groups is 1. The predicted molar refractivity (Wildman–Crippen MR) is 72.3 cm³/mol. The lowest BCUT2D eigenvalue weighted by Crippen LogP contribution is -1.96. The van der Waals surface area contributed by atoms with Crippen LogP contribution in [0.2, 0.25) is 0 Å². The summed E-state index contributed by atoms with van der Waals surface area (Å²) in [6, 6.07) is 0. The van der Waals surface area contributed by atoms with E-state index in [1.54, 1.807) is 10.1 Å². The van der Waals surface area contributed by atoms with Crippen LogP contribution >= 0.6 is 11.3 Å². The lowest BCUT2D eigenvalue weighted by atomic mass is 10.0. The van der Waals surface area contributed by atoms with Crippen molar-refractivity contribution in [1.82, 2.24) is 9.78 Å². The van der Waals surface area contributed by atoms with Gasteiger partial charge in [0, 0.05) is 29.1 Å². The summed E-state index contributed by atoms with van der Waals surface area (Å²) >= 11 is 1.47. The smallest absolute Gasteiger partial charge is 0.336 e. The highest BCUT2D eigenvalue weighted by Crippen LogP contribution is 2.36. The maximum Gasteiger partial charge on any atom is 0.336 e. The largest absolute Gasteiger partial charge is 0.478 e. The monoisotopic (exact) mass is 264 g/mol. The zero-order valence-corrected chi connectivity index (χ0v) is 11.7. The van der Waals surface area contributed by atoms with Crippen molar-refractivity contribution in [3.63, 3.8) is 0 Å². The second-order valence-corrected chi connectivity index (χ2v) is 5.54. The molecule has 1 N–H and O–H groups in total. The topological polar surface area (TPSA) is 55.1 Å². The number of carboxylic acid groups (broad SMARTS) is 1. The van der Waals surface area contributed by atoms with Crippen molar-refractivity contribution < 1.29 is 9.90 Å². The lowest BCUT2D eigenvalue weighted by Gasteiger charge is -2.04. The Balaban J connectivity index is 2.59. The minimum Gasteiger partial charge on any atom is -0.478 e. The zero-order chi connectivity index (χ0) is 13.4. The number of aromatic nitrogens is 2. The molecule has 0 radical (unpaired) electrons. The van der Waals surface area contributed by atoms with E-state index in [1.807, 2.05) is 20.2 Å². The van der Waals surface area contributed by atoms with Crippen molar-refractivity contribution in [3.05, 3.63) is 28.4 Å². The Hall–Kier alpha value is -1.62. The molecule has 0 unspecified atom stereocenters. The summed E-state index contributed by atoms with van der Waals surface area (Å²) in [5, 5.41) is 15.3. The van der Waals surface area contributed by atoms with Gasteiger partial charge in [0.25, 0.3) is 0 Å². The number of thiophene rings is 1. The van der Waals surface area contributed by atoms with Crippen molar-refractivity contribution in [1.29, 1.82) is 0 Å². The Bertz CT molecular complexity index is 596. The van der Waals surface area contributed by atoms with E-state index in [4.69, 9.17) is 5.11 Å². The Morgan fingerprint density at radius 1 is 1.50 bits per heavy atom. The molecular formula is C13H16N2O2S. The molecular weight excluding hydrogens is 248 g/mol. The summed E-state index contributed by atoms with van der Waals surface area (Å²) in [6.07, 6.45) is 1.96. The molecule has 96 valence electrons. The highest BCUT2D eigenvalue weighted by Gasteiger charge is 2.20. The van der Waals surface area contributed by atoms with Gasteiger partial charge in [0.2, 0.25) is 0 Å². The van der Waals surface area contributed by atoms with Crippen LogP contribution in [0, 0.1) is 6.92 Å². The summed E-state index contributed by atoms with van der Waals surface area (Å²) in [5.41, 5.74) is 3.26. The van der Waals surface area contributed by atoms with Crippen LogP contribution in [-0.4, -0.2) is 20.9 Å². The number of aryl methyl sites for hydroxylation is 1. The van der Waals surface area contributed by atoms with Crippen LogP contribution in [0.15, 0.2) is 11.6 Å². The number of aromatic carboxylic acids is 1. The Morgan fingerprint density at radius 2 is 2.17 bits per heavy atom. The van der Waals surface area contributed by atoms with Gasteiger partial charge in [-0.25, -0.2) is 4.79 Å². The molecule has 0 saturated carbocycles. The molecule has 0 spiro atoms. The predicted octanol–water partition coefficient (Wildman–Crippen LogP) is 3.28. The fourth-order valence-electron chi connectivity index (χ4n) is 2.00. The first kappa shape index (κ1) is 12.8. The summed E-state index contributed by atoms with van der Waals surface area (Å²) in [6.45, 7) is 6.03. The molecule has 0 aliphatic rings. The Morgan fingerprint density at radius 3 is 2.67 bits per heavy atom. The summed E-state index contributed by atoms with van der Waals surface area (Å²) in [7, 11) is 1.89. The molecule has 2 rings (SSSR count). The number of hydrogen-bond donors (Lipinski definition) is 1. The van der Waals surface area contributed by atoms with Crippen LogP contribution in [0.1, 0.15) is 41.4 Å². The third kappa shape index (κ3) is 2.06. The van der Waals surface area contributed by atoms with Gasteiger partial charge in [-0.05, 0) is 18.4 Å². The van der Waals surface area contributed by atoms with Crippen LogP contribution in [0.5, 0.6) is 0 Å². The SMILES string of the molecule is Cc1c(C(=O)O)csc1-c1cn(C)nc1C(C)C. The van der Waals surface area contributed by atoms with Gasteiger partial charge in [-0.2, -0.15) is 5.10 Å². The number of hydrogen-bond acceptors (Lipinski definition) is 3. The van der Waals surface area contributed by atoms with E-state index in [2.05, 4.69) is 18.9 Å². The summed E-state index contributed by atoms with van der Waals surface area (Å²) < 4.78 is 1.78. The Kier molecular flexibility index (Phi) is 3.26. The first-order valence-corrected chi connectivity index (χ1v) is 6.65. The molecule has 0 fully saturated rings. The van der Waals surface area contributed by atoms with Crippen LogP contribution < -0.4 is 0 Å². The molecule has 2 aromatic rings. The standard InChI is InChI=1S/C13H16N2O2S/c1-7(2)11-9(5-15(4)14-11)12-8(3)10(6-18-12)13(16)17/h5-7H,1-4H3,(H,16,17). The van der Waals surface area contributed by atoms with Crippen molar-refractivity contribution >= 4 is 17.3 Å². The molecule has 0 atom stereocenters. The van der Waals surface area contributed by atoms with Crippen molar-refractivity contribution in [2.45, 2.75) is 26.7 Å². The number of rotatable bonds is 3. The molecule has 4 nitrogen and oxygen atoms in total. The second-order valence-electron chi connectivity index (χ2n) is 4.67. The minimum atomic E-state index is -0.870. The fraction of sp³-hybridized carbons (Fsp3) is 0.385. The van der Waals surface area contributed by atoms with E-state index >= 15 is 0 Å². The molecule has 0 amide bonds. The van der Waals surface area contributed by atoms with Crippen molar-refractivity contribution in [2.24, 2.45) is 7.05 Å². The van der Waals surface area contributed by atoms with Gasteiger partial charge in [-0.3, -0.25) is 4.68 Å². The number of carboxylic acids is 1. The quantitative estimate of drug-likeness (QED) is 0.925. The molecule has 5 heteroatoms. The van der Waals surface area contributed by atoms with E-state index in [-0.39, 0.29) is 0 Å². The molecule has 0 aliphatic carbocycles. The average Bonchev–Trinajstić information content (AvgIpc) is 2.81. The molecule has 18 heavy (non-hydrogen) atoms. The third-order valence-corrected chi connectivity index (χ3v) is 4.03. The number of nitrogens with zero attached hydrogens (tertiary/aromatic N) is 2. The third-order valence-electron chi connectivity index (χ3n) is 2.92. The molecule has 0 bridgehead atoms. The molecule has 2 heterocycles. The second kappa shape index (κ2) is 4.57. The van der Waals surface area contributed by atoms with Crippen LogP contribution in [-0.2, 0) is 7.05 Å². The first-order chi connectivity index (χ1) is 8.41. The van der Waals surface area contributed by atoms with Gasteiger partial charge in [0.15, 0.2) is 0 Å². The van der Waals surface area contributed by atoms with E-state index in [9.17, 15) is 4.79 Å². The van der Waals surface area contributed by atoms with Gasteiger partial charge in [-0.15, -0.1) is 11.3 Å². The van der Waals surface area contributed by atoms with Crippen molar-refractivity contribution in [3.8, 4) is 10.4 Å². The summed E-state index contributed by atoms with van der Waals surface area (Å²) in [4.78, 5) is 12.1. The minimum absolute atomic E-state index is 0.316. The average molecular weight is 264 g/mol.